The van der Waals surface area contributed by atoms with Gasteiger partial charge in [-0.1, -0.05) is 67.2 Å². The molecule has 31 heavy (non-hydrogen) atoms. The molecule has 6 nitrogen and oxygen atoms in total. The lowest BCUT2D eigenvalue weighted by atomic mass is 9.91. The molecule has 0 aliphatic carbocycles. The maximum Gasteiger partial charge on any atom is 0.412 e. The number of benzene rings is 2. The quantitative estimate of drug-likeness (QED) is 0.530. The molecule has 1 fully saturated rings. The molecular weight excluding hydrogens is 435 g/mol. The number of quaternary nitrogens is 1. The fraction of sp³-hybridized carbons (Fsp3) is 0.391. The van der Waals surface area contributed by atoms with Gasteiger partial charge in [0.25, 0.3) is 0 Å². The van der Waals surface area contributed by atoms with Crippen LogP contribution in [0.1, 0.15) is 44.2 Å². The number of carbonyl (C=O) groups excluding carboxylic acids is 1. The van der Waals surface area contributed by atoms with Crippen molar-refractivity contribution in [1.82, 2.24) is 5.01 Å². The van der Waals surface area contributed by atoms with Crippen LogP contribution in [0.5, 0.6) is 0 Å². The molecule has 4 rings (SSSR count). The molecule has 1 amide bonds. The number of rotatable bonds is 4. The summed E-state index contributed by atoms with van der Waals surface area (Å²) in [5, 5.41) is 20.1. The Bertz CT molecular complexity index is 958. The average Bonchev–Trinajstić information content (AvgIpc) is 2.94. The summed E-state index contributed by atoms with van der Waals surface area (Å²) in [5.74, 6) is -0.665. The second-order valence-electron chi connectivity index (χ2n) is 8.12. The van der Waals surface area contributed by atoms with E-state index in [9.17, 15) is 10.0 Å². The third kappa shape index (κ3) is 4.64. The largest absolute Gasteiger partial charge is 0.412 e. The van der Waals surface area contributed by atoms with E-state index < -0.39 is 5.91 Å². The molecule has 2 aromatic rings. The number of hydroxylamine groups is 1. The highest BCUT2D eigenvalue weighted by molar-refractivity contribution is 6.37. The van der Waals surface area contributed by atoms with Gasteiger partial charge in [-0.2, -0.15) is 10.3 Å². The SMILES string of the molecule is C[C@H]1C(C(=O)[NH+](O)N2CCCCCC2)=NN(c2ccccc2Cl)[C@H]1c1ccc(Cl)cc1. The topological polar surface area (TPSA) is 60.6 Å². The number of carbonyl (C=O) groups is 1. The van der Waals surface area contributed by atoms with E-state index in [4.69, 9.17) is 28.3 Å². The van der Waals surface area contributed by atoms with Crippen LogP contribution in [0.2, 0.25) is 10.0 Å². The molecule has 0 bridgehead atoms. The Morgan fingerprint density at radius 3 is 2.32 bits per heavy atom. The summed E-state index contributed by atoms with van der Waals surface area (Å²) < 4.78 is 0. The number of nitrogens with zero attached hydrogens (tertiary/aromatic N) is 3. The van der Waals surface area contributed by atoms with Crippen molar-refractivity contribution in [3.8, 4) is 0 Å². The van der Waals surface area contributed by atoms with Crippen LogP contribution in [-0.4, -0.2) is 34.9 Å². The molecule has 1 saturated heterocycles. The first kappa shape index (κ1) is 22.2. The van der Waals surface area contributed by atoms with E-state index in [1.165, 1.54) is 0 Å². The normalized spacial score (nSPS) is 23.4. The summed E-state index contributed by atoms with van der Waals surface area (Å²) in [4.78, 5) is 13.3. The lowest BCUT2D eigenvalue weighted by Gasteiger charge is -2.27. The van der Waals surface area contributed by atoms with Crippen LogP contribution in [0.4, 0.5) is 5.69 Å². The minimum atomic E-state index is -0.414. The van der Waals surface area contributed by atoms with Crippen molar-refractivity contribution < 1.29 is 15.2 Å². The number of para-hydroxylation sites is 1. The highest BCUT2D eigenvalue weighted by atomic mass is 35.5. The summed E-state index contributed by atoms with van der Waals surface area (Å²) in [5.41, 5.74) is 2.02. The van der Waals surface area contributed by atoms with E-state index in [1.807, 2.05) is 49.4 Å². The molecule has 2 N–H and O–H groups in total. The van der Waals surface area contributed by atoms with E-state index in [0.717, 1.165) is 31.2 Å². The number of hydrogen-bond donors (Lipinski definition) is 2. The van der Waals surface area contributed by atoms with E-state index in [0.29, 0.717) is 34.5 Å². The lowest BCUT2D eigenvalue weighted by Crippen LogP contribution is -3.19. The molecule has 2 aliphatic rings. The highest BCUT2D eigenvalue weighted by Gasteiger charge is 2.45. The molecule has 3 atom stereocenters. The Balaban J connectivity index is 1.69. The van der Waals surface area contributed by atoms with Crippen LogP contribution < -0.4 is 10.2 Å². The van der Waals surface area contributed by atoms with Gasteiger partial charge >= 0.3 is 5.91 Å². The molecule has 164 valence electrons. The number of amides is 1. The van der Waals surface area contributed by atoms with Gasteiger partial charge in [0.15, 0.2) is 5.71 Å². The van der Waals surface area contributed by atoms with Crippen molar-refractivity contribution in [2.75, 3.05) is 18.1 Å². The second kappa shape index (κ2) is 9.67. The zero-order valence-electron chi connectivity index (χ0n) is 17.5. The molecule has 2 heterocycles. The van der Waals surface area contributed by atoms with Gasteiger partial charge in [0.05, 0.1) is 29.8 Å². The Hall–Kier alpha value is -1.96. The first-order valence-electron chi connectivity index (χ1n) is 10.7. The third-order valence-corrected chi connectivity index (χ3v) is 6.61. The van der Waals surface area contributed by atoms with Gasteiger partial charge in [0.2, 0.25) is 0 Å². The molecule has 2 aliphatic heterocycles. The summed E-state index contributed by atoms with van der Waals surface area (Å²) in [7, 11) is 0. The summed E-state index contributed by atoms with van der Waals surface area (Å²) in [6.07, 6.45) is 4.18. The number of anilines is 1. The van der Waals surface area contributed by atoms with Crippen molar-refractivity contribution in [3.05, 3.63) is 64.1 Å². The van der Waals surface area contributed by atoms with E-state index in [-0.39, 0.29) is 17.1 Å². The minimum Gasteiger partial charge on any atom is -0.255 e. The summed E-state index contributed by atoms with van der Waals surface area (Å²) in [6, 6.07) is 14.7. The van der Waals surface area contributed by atoms with Gasteiger partial charge in [-0.25, -0.2) is 4.79 Å². The molecular formula is C23H27Cl2N4O2+. The summed E-state index contributed by atoms with van der Waals surface area (Å²) >= 11 is 12.6. The van der Waals surface area contributed by atoms with Crippen molar-refractivity contribution >= 4 is 40.5 Å². The van der Waals surface area contributed by atoms with Gasteiger partial charge in [0.1, 0.15) is 0 Å². The zero-order chi connectivity index (χ0) is 22.0. The maximum atomic E-state index is 13.3. The number of nitrogens with one attached hydrogen (secondary N) is 1. The van der Waals surface area contributed by atoms with Crippen LogP contribution in [0.25, 0.3) is 0 Å². The van der Waals surface area contributed by atoms with Crippen LogP contribution in [0.3, 0.4) is 0 Å². The Kier molecular flexibility index (Phi) is 6.94. The number of halogens is 2. The van der Waals surface area contributed by atoms with E-state index >= 15 is 0 Å². The predicted octanol–water partition coefficient (Wildman–Crippen LogP) is 4.14. The first-order chi connectivity index (χ1) is 15.0. The molecule has 8 heteroatoms. The van der Waals surface area contributed by atoms with Gasteiger partial charge in [-0.15, -0.1) is 5.01 Å². The average molecular weight is 462 g/mol. The fourth-order valence-electron chi connectivity index (χ4n) is 4.35. The highest BCUT2D eigenvalue weighted by Crippen LogP contribution is 2.41. The van der Waals surface area contributed by atoms with Crippen molar-refractivity contribution in [2.24, 2.45) is 11.0 Å². The first-order valence-corrected chi connectivity index (χ1v) is 11.5. The third-order valence-electron chi connectivity index (χ3n) is 6.04. The minimum absolute atomic E-state index is 0.205. The Morgan fingerprint density at radius 1 is 1.03 bits per heavy atom. The molecule has 0 saturated carbocycles. The van der Waals surface area contributed by atoms with Crippen LogP contribution >= 0.6 is 23.2 Å². The van der Waals surface area contributed by atoms with Crippen LogP contribution in [0.15, 0.2) is 53.6 Å². The fourth-order valence-corrected chi connectivity index (χ4v) is 4.70. The van der Waals surface area contributed by atoms with E-state index in [2.05, 4.69) is 0 Å². The van der Waals surface area contributed by atoms with Gasteiger partial charge in [0, 0.05) is 10.9 Å². The molecule has 1 unspecified atom stereocenters. The van der Waals surface area contributed by atoms with Crippen molar-refractivity contribution in [3.63, 3.8) is 0 Å². The molecule has 0 spiro atoms. The van der Waals surface area contributed by atoms with Gasteiger partial charge in [-0.05, 0) is 47.8 Å². The Labute approximate surface area is 192 Å². The van der Waals surface area contributed by atoms with Crippen LogP contribution in [-0.2, 0) is 4.79 Å². The number of hydrazone groups is 1. The maximum absolute atomic E-state index is 13.3. The van der Waals surface area contributed by atoms with Gasteiger partial charge in [-0.3, -0.25) is 5.01 Å². The molecule has 0 radical (unpaired) electrons. The molecule has 0 aromatic heterocycles. The zero-order valence-corrected chi connectivity index (χ0v) is 19.0. The van der Waals surface area contributed by atoms with Crippen molar-refractivity contribution in [2.45, 2.75) is 38.6 Å². The second-order valence-corrected chi connectivity index (χ2v) is 8.96. The summed E-state index contributed by atoms with van der Waals surface area (Å²) in [6.45, 7) is 3.34. The van der Waals surface area contributed by atoms with Gasteiger partial charge < -0.3 is 0 Å². The predicted molar refractivity (Wildman–Crippen MR) is 123 cm³/mol. The van der Waals surface area contributed by atoms with Crippen molar-refractivity contribution in [1.29, 1.82) is 0 Å². The molecule has 2 aromatic carbocycles. The van der Waals surface area contributed by atoms with Crippen LogP contribution in [0, 0.1) is 5.92 Å². The Morgan fingerprint density at radius 2 is 1.68 bits per heavy atom. The standard InChI is InChI=1S/C23H26Cl2N4O2/c1-16-21(23(30)29(31)27-14-6-2-3-7-15-27)26-28(20-9-5-4-8-19(20)25)22(16)17-10-12-18(24)13-11-17/h4-5,8-13,16,22,31H,2-3,6-7,14-15H2,1H3/p+1/t16-,22+/m0/s1. The number of hydrogen-bond acceptors (Lipinski definition) is 5. The van der Waals surface area contributed by atoms with E-state index in [1.54, 1.807) is 16.1 Å². The smallest absolute Gasteiger partial charge is 0.255 e. The lowest BCUT2D eigenvalue weighted by molar-refractivity contribution is -1.11. The monoisotopic (exact) mass is 461 g/mol.